The van der Waals surface area contributed by atoms with Crippen LogP contribution in [0, 0.1) is 5.82 Å². The van der Waals surface area contributed by atoms with Crippen LogP contribution in [0.3, 0.4) is 0 Å². The van der Waals surface area contributed by atoms with Gasteiger partial charge in [0.25, 0.3) is 5.95 Å². The van der Waals surface area contributed by atoms with Crippen LogP contribution in [0.15, 0.2) is 24.3 Å². The summed E-state index contributed by atoms with van der Waals surface area (Å²) in [6.45, 7) is 0.541. The van der Waals surface area contributed by atoms with Crippen LogP contribution >= 0.6 is 0 Å². The van der Waals surface area contributed by atoms with E-state index in [0.29, 0.717) is 12.5 Å². The quantitative estimate of drug-likeness (QED) is 0.761. The molecule has 6 heteroatoms. The first kappa shape index (κ1) is 8.61. The van der Waals surface area contributed by atoms with Gasteiger partial charge in [-0.2, -0.15) is 5.21 Å². The van der Waals surface area contributed by atoms with Crippen molar-refractivity contribution in [3.8, 4) is 0 Å². The third-order valence-electron chi connectivity index (χ3n) is 1.71. The highest BCUT2D eigenvalue weighted by atomic mass is 19.1. The molecule has 1 aromatic heterocycles. The third-order valence-corrected chi connectivity index (χ3v) is 1.71. The van der Waals surface area contributed by atoms with Gasteiger partial charge in [0.05, 0.1) is 0 Å². The fourth-order valence-corrected chi connectivity index (χ4v) is 1.02. The number of H-pyrrole nitrogens is 1. The molecule has 0 amide bonds. The molecule has 14 heavy (non-hydrogen) atoms. The average molecular weight is 193 g/mol. The third kappa shape index (κ3) is 2.03. The predicted octanol–water partition coefficient (Wildman–Crippen LogP) is 0.951. The van der Waals surface area contributed by atoms with Crippen LogP contribution in [-0.2, 0) is 6.54 Å². The second-order valence-corrected chi connectivity index (χ2v) is 2.72. The summed E-state index contributed by atoms with van der Waals surface area (Å²) in [5.74, 6) is 0.183. The smallest absolute Gasteiger partial charge is 0.263 e. The van der Waals surface area contributed by atoms with Crippen molar-refractivity contribution in [2.75, 3.05) is 5.32 Å². The van der Waals surface area contributed by atoms with Crippen LogP contribution in [-0.4, -0.2) is 20.6 Å². The minimum atomic E-state index is -0.242. The molecule has 2 rings (SSSR count). The SMILES string of the molecule is Fc1ccc(CNc2nn[nH]n2)cc1. The minimum absolute atomic E-state index is 0.242. The molecule has 1 heterocycles. The normalized spacial score (nSPS) is 10.1. The van der Waals surface area contributed by atoms with Crippen molar-refractivity contribution in [2.24, 2.45) is 0 Å². The summed E-state index contributed by atoms with van der Waals surface area (Å²) in [6, 6.07) is 6.21. The zero-order valence-corrected chi connectivity index (χ0v) is 7.24. The van der Waals surface area contributed by atoms with E-state index in [2.05, 4.69) is 25.9 Å². The standard InChI is InChI=1S/C8H8FN5/c9-7-3-1-6(2-4-7)5-10-8-11-13-14-12-8/h1-4H,5H2,(H2,10,11,12,13,14). The van der Waals surface area contributed by atoms with Crippen LogP contribution in [0.5, 0.6) is 0 Å². The van der Waals surface area contributed by atoms with E-state index in [4.69, 9.17) is 0 Å². The Balaban J connectivity index is 1.95. The summed E-state index contributed by atoms with van der Waals surface area (Å²) < 4.78 is 12.5. The molecule has 0 aliphatic carbocycles. The van der Waals surface area contributed by atoms with Crippen LogP contribution in [0.25, 0.3) is 0 Å². The molecule has 0 saturated carbocycles. The van der Waals surface area contributed by atoms with Gasteiger partial charge in [0.2, 0.25) is 0 Å². The van der Waals surface area contributed by atoms with Crippen molar-refractivity contribution in [1.29, 1.82) is 0 Å². The average Bonchev–Trinajstić information content (AvgIpc) is 2.70. The lowest BCUT2D eigenvalue weighted by molar-refractivity contribution is 0.627. The summed E-state index contributed by atoms with van der Waals surface area (Å²) in [7, 11) is 0. The molecular weight excluding hydrogens is 185 g/mol. The molecule has 72 valence electrons. The van der Waals surface area contributed by atoms with Gasteiger partial charge in [-0.3, -0.25) is 0 Å². The van der Waals surface area contributed by atoms with E-state index in [1.807, 2.05) is 0 Å². The summed E-state index contributed by atoms with van der Waals surface area (Å²) in [4.78, 5) is 0. The summed E-state index contributed by atoms with van der Waals surface area (Å²) in [5, 5.41) is 16.1. The molecule has 0 radical (unpaired) electrons. The number of aromatic nitrogens is 4. The van der Waals surface area contributed by atoms with Crippen LogP contribution in [0.1, 0.15) is 5.56 Å². The topological polar surface area (TPSA) is 66.5 Å². The molecule has 1 aromatic carbocycles. The molecule has 0 aliphatic rings. The number of hydrogen-bond acceptors (Lipinski definition) is 4. The number of hydrogen-bond donors (Lipinski definition) is 2. The Bertz CT molecular complexity index is 383. The van der Waals surface area contributed by atoms with Crippen molar-refractivity contribution < 1.29 is 4.39 Å². The Hall–Kier alpha value is -1.98. The summed E-state index contributed by atoms with van der Waals surface area (Å²) in [6.07, 6.45) is 0. The Labute approximate surface area is 79.3 Å². The van der Waals surface area contributed by atoms with Gasteiger partial charge in [-0.25, -0.2) is 4.39 Å². The van der Waals surface area contributed by atoms with E-state index in [9.17, 15) is 4.39 Å². The van der Waals surface area contributed by atoms with E-state index in [1.54, 1.807) is 12.1 Å². The molecule has 2 N–H and O–H groups in total. The number of benzene rings is 1. The molecule has 0 saturated heterocycles. The van der Waals surface area contributed by atoms with Gasteiger partial charge in [0.1, 0.15) is 5.82 Å². The first-order valence-corrected chi connectivity index (χ1v) is 4.06. The second-order valence-electron chi connectivity index (χ2n) is 2.72. The molecule has 2 aromatic rings. The first-order chi connectivity index (χ1) is 6.84. The maximum atomic E-state index is 12.5. The van der Waals surface area contributed by atoms with Gasteiger partial charge >= 0.3 is 0 Å². The number of nitrogens with one attached hydrogen (secondary N) is 2. The van der Waals surface area contributed by atoms with Crippen molar-refractivity contribution in [3.05, 3.63) is 35.6 Å². The summed E-state index contributed by atoms with van der Waals surface area (Å²) >= 11 is 0. The lowest BCUT2D eigenvalue weighted by Crippen LogP contribution is -2.00. The molecule has 0 aliphatic heterocycles. The van der Waals surface area contributed by atoms with Crippen LogP contribution in [0.4, 0.5) is 10.3 Å². The molecule has 0 bridgehead atoms. The van der Waals surface area contributed by atoms with E-state index < -0.39 is 0 Å². The van der Waals surface area contributed by atoms with Gasteiger partial charge in [-0.15, -0.1) is 5.10 Å². The van der Waals surface area contributed by atoms with Crippen molar-refractivity contribution in [1.82, 2.24) is 20.6 Å². The number of tetrazole rings is 1. The molecule has 0 unspecified atom stereocenters. The number of aromatic amines is 1. The fraction of sp³-hybridized carbons (Fsp3) is 0.125. The van der Waals surface area contributed by atoms with Crippen LogP contribution < -0.4 is 5.32 Å². The van der Waals surface area contributed by atoms with Crippen molar-refractivity contribution in [3.63, 3.8) is 0 Å². The fourth-order valence-electron chi connectivity index (χ4n) is 1.02. The first-order valence-electron chi connectivity index (χ1n) is 4.06. The van der Waals surface area contributed by atoms with Gasteiger partial charge in [0, 0.05) is 6.54 Å². The maximum absolute atomic E-state index is 12.5. The second kappa shape index (κ2) is 3.82. The van der Waals surface area contributed by atoms with Gasteiger partial charge in [-0.05, 0) is 22.9 Å². The van der Waals surface area contributed by atoms with E-state index in [-0.39, 0.29) is 5.82 Å². The number of nitrogens with zero attached hydrogens (tertiary/aromatic N) is 3. The molecular formula is C8H8FN5. The molecule has 0 fully saturated rings. The largest absolute Gasteiger partial charge is 0.348 e. The van der Waals surface area contributed by atoms with Crippen molar-refractivity contribution >= 4 is 5.95 Å². The Kier molecular flexibility index (Phi) is 2.35. The molecule has 0 spiro atoms. The number of rotatable bonds is 3. The lowest BCUT2D eigenvalue weighted by atomic mass is 10.2. The van der Waals surface area contributed by atoms with Gasteiger partial charge in [-0.1, -0.05) is 17.2 Å². The predicted molar refractivity (Wildman–Crippen MR) is 47.9 cm³/mol. The zero-order valence-electron chi connectivity index (χ0n) is 7.24. The van der Waals surface area contributed by atoms with E-state index >= 15 is 0 Å². The number of anilines is 1. The van der Waals surface area contributed by atoms with E-state index in [0.717, 1.165) is 5.56 Å². The zero-order chi connectivity index (χ0) is 9.80. The van der Waals surface area contributed by atoms with Gasteiger partial charge < -0.3 is 5.32 Å². The highest BCUT2D eigenvalue weighted by Crippen LogP contribution is 2.04. The van der Waals surface area contributed by atoms with Gasteiger partial charge in [0.15, 0.2) is 0 Å². The Morgan fingerprint density at radius 1 is 1.29 bits per heavy atom. The monoisotopic (exact) mass is 193 g/mol. The number of halogens is 1. The summed E-state index contributed by atoms with van der Waals surface area (Å²) in [5.41, 5.74) is 0.955. The Morgan fingerprint density at radius 3 is 2.71 bits per heavy atom. The maximum Gasteiger partial charge on any atom is 0.263 e. The molecule has 0 atom stereocenters. The minimum Gasteiger partial charge on any atom is -0.348 e. The highest BCUT2D eigenvalue weighted by molar-refractivity contribution is 5.24. The Morgan fingerprint density at radius 2 is 2.07 bits per heavy atom. The van der Waals surface area contributed by atoms with Crippen LogP contribution in [0.2, 0.25) is 0 Å². The highest BCUT2D eigenvalue weighted by Gasteiger charge is 1.97. The lowest BCUT2D eigenvalue weighted by Gasteiger charge is -2.00. The van der Waals surface area contributed by atoms with Crippen molar-refractivity contribution in [2.45, 2.75) is 6.54 Å². The molecule has 5 nitrogen and oxygen atoms in total. The van der Waals surface area contributed by atoms with E-state index in [1.165, 1.54) is 12.1 Å².